The monoisotopic (exact) mass is 559 g/mol. The zero-order valence-electron chi connectivity index (χ0n) is 25.9. The van der Waals surface area contributed by atoms with Gasteiger partial charge in [0.2, 0.25) is 5.91 Å². The number of aromatic hydroxyl groups is 1. The lowest BCUT2D eigenvalue weighted by molar-refractivity contribution is -0.130. The van der Waals surface area contributed by atoms with Crippen molar-refractivity contribution in [3.8, 4) is 5.75 Å². The van der Waals surface area contributed by atoms with E-state index < -0.39 is 36.4 Å². The minimum absolute atomic E-state index is 0.212. The fraction of sp³-hybridized carbons (Fsp3) is 0.594. The first kappa shape index (κ1) is 33.1. The first-order valence-corrected chi connectivity index (χ1v) is 15.6. The number of phenols is 1. The van der Waals surface area contributed by atoms with E-state index in [9.17, 15) is 14.5 Å². The summed E-state index contributed by atoms with van der Waals surface area (Å²) < 4.78 is 27.1. The van der Waals surface area contributed by atoms with Crippen molar-refractivity contribution < 1.29 is 23.5 Å². The van der Waals surface area contributed by atoms with E-state index in [-0.39, 0.29) is 11.7 Å². The van der Waals surface area contributed by atoms with Crippen LogP contribution in [0.1, 0.15) is 111 Å². The minimum atomic E-state index is -3.92. The van der Waals surface area contributed by atoms with Crippen LogP contribution in [0.4, 0.5) is 0 Å². The highest BCUT2D eigenvalue weighted by molar-refractivity contribution is 7.54. The quantitative estimate of drug-likeness (QED) is 0.279. The smallest absolute Gasteiger partial charge is 0.358 e. The Kier molecular flexibility index (Phi) is 11.0. The molecular formula is C32H50NO5P. The number of hydrogen-bond acceptors (Lipinski definition) is 5. The van der Waals surface area contributed by atoms with Crippen molar-refractivity contribution in [2.45, 2.75) is 118 Å². The summed E-state index contributed by atoms with van der Waals surface area (Å²) in [5.74, 6) is -0.964. The molecule has 0 saturated carbocycles. The van der Waals surface area contributed by atoms with Crippen LogP contribution >= 0.6 is 7.60 Å². The van der Waals surface area contributed by atoms with Crippen molar-refractivity contribution in [2.24, 2.45) is 0 Å². The SMILES string of the molecule is CC(=O)N(CCCc1ccccc1)C(c1cc(C(C)(C)C)c(O)c(C(C)(C)C)c1)P(=O)(OC(C)C)OC(C)C. The van der Waals surface area contributed by atoms with E-state index in [0.29, 0.717) is 18.5 Å². The van der Waals surface area contributed by atoms with Crippen molar-refractivity contribution in [1.29, 1.82) is 0 Å². The molecule has 0 radical (unpaired) electrons. The third-order valence-electron chi connectivity index (χ3n) is 6.47. The van der Waals surface area contributed by atoms with E-state index in [4.69, 9.17) is 9.05 Å². The van der Waals surface area contributed by atoms with Crippen molar-refractivity contribution in [2.75, 3.05) is 6.54 Å². The van der Waals surface area contributed by atoms with E-state index >= 15 is 0 Å². The molecule has 1 amide bonds. The number of aryl methyl sites for hydroxylation is 1. The molecule has 0 bridgehead atoms. The Balaban J connectivity index is 2.80. The number of nitrogens with zero attached hydrogens (tertiary/aromatic N) is 1. The lowest BCUT2D eigenvalue weighted by Crippen LogP contribution is -2.36. The summed E-state index contributed by atoms with van der Waals surface area (Å²) >= 11 is 0. The van der Waals surface area contributed by atoms with E-state index in [0.717, 1.165) is 17.5 Å². The van der Waals surface area contributed by atoms with E-state index in [1.54, 1.807) is 4.90 Å². The zero-order chi connectivity index (χ0) is 29.8. The number of amides is 1. The Morgan fingerprint density at radius 1 is 0.897 bits per heavy atom. The lowest BCUT2D eigenvalue weighted by Gasteiger charge is -2.38. The van der Waals surface area contributed by atoms with Gasteiger partial charge in [-0.15, -0.1) is 0 Å². The van der Waals surface area contributed by atoms with Crippen LogP contribution in [0.25, 0.3) is 0 Å². The summed E-state index contributed by atoms with van der Waals surface area (Å²) in [6.45, 7) is 21.3. The zero-order valence-corrected chi connectivity index (χ0v) is 26.8. The number of carbonyl (C=O) groups is 1. The Labute approximate surface area is 236 Å². The largest absolute Gasteiger partial charge is 0.507 e. The van der Waals surface area contributed by atoms with Gasteiger partial charge in [0.05, 0.1) is 12.2 Å². The maximum Gasteiger partial charge on any atom is 0.358 e. The van der Waals surface area contributed by atoms with Crippen LogP contribution < -0.4 is 0 Å². The molecule has 0 spiro atoms. The summed E-state index contributed by atoms with van der Waals surface area (Å²) in [4.78, 5) is 14.9. The first-order valence-electron chi connectivity index (χ1n) is 14.0. The number of rotatable bonds is 11. The second kappa shape index (κ2) is 13.0. The molecule has 1 atom stereocenters. The molecule has 7 heteroatoms. The number of carbonyl (C=O) groups excluding carboxylic acids is 1. The standard InChI is InChI=1S/C32H50NO5P/c1-22(2)37-39(36,38-23(3)4)30(33(24(5)34)19-15-18-25-16-13-12-14-17-25)26-20-27(31(6,7)8)29(35)28(21-26)32(9,10)11/h12-14,16-17,20-23,30,35H,15,18-19H2,1-11H3. The molecule has 39 heavy (non-hydrogen) atoms. The van der Waals surface area contributed by atoms with Crippen LogP contribution in [-0.4, -0.2) is 34.7 Å². The van der Waals surface area contributed by atoms with Crippen molar-refractivity contribution in [3.63, 3.8) is 0 Å². The molecule has 0 aliphatic rings. The molecule has 6 nitrogen and oxygen atoms in total. The van der Waals surface area contributed by atoms with Crippen molar-refractivity contribution in [1.82, 2.24) is 4.90 Å². The Morgan fingerprint density at radius 2 is 1.36 bits per heavy atom. The third kappa shape index (κ3) is 8.93. The molecule has 2 aromatic carbocycles. The molecule has 0 saturated heterocycles. The summed E-state index contributed by atoms with van der Waals surface area (Å²) in [5.41, 5.74) is 2.46. The van der Waals surface area contributed by atoms with Gasteiger partial charge in [-0.1, -0.05) is 71.9 Å². The molecule has 0 heterocycles. The van der Waals surface area contributed by atoms with Gasteiger partial charge in [-0.2, -0.15) is 0 Å². The Hall–Kier alpha value is -2.14. The third-order valence-corrected chi connectivity index (χ3v) is 9.08. The van der Waals surface area contributed by atoms with Crippen LogP contribution in [0.2, 0.25) is 0 Å². The molecule has 0 aliphatic heterocycles. The van der Waals surface area contributed by atoms with E-state index in [1.807, 2.05) is 99.6 Å². The topological polar surface area (TPSA) is 76.1 Å². The molecule has 0 aromatic heterocycles. The number of benzene rings is 2. The van der Waals surface area contributed by atoms with Gasteiger partial charge in [0.1, 0.15) is 5.75 Å². The average molecular weight is 560 g/mol. The predicted molar refractivity (Wildman–Crippen MR) is 160 cm³/mol. The maximum atomic E-state index is 14.8. The molecule has 0 fully saturated rings. The highest BCUT2D eigenvalue weighted by Gasteiger charge is 2.45. The number of phenolic OH excluding ortho intramolecular Hbond substituents is 1. The molecule has 2 rings (SSSR count). The van der Waals surface area contributed by atoms with Gasteiger partial charge in [-0.25, -0.2) is 0 Å². The molecule has 0 aliphatic carbocycles. The fourth-order valence-corrected chi connectivity index (χ4v) is 7.35. The van der Waals surface area contributed by atoms with Crippen LogP contribution in [0.15, 0.2) is 42.5 Å². The van der Waals surface area contributed by atoms with E-state index in [2.05, 4.69) is 12.1 Å². The van der Waals surface area contributed by atoms with Gasteiger partial charge in [-0.3, -0.25) is 9.36 Å². The molecule has 2 aromatic rings. The second-order valence-corrected chi connectivity index (χ2v) is 15.0. The second-order valence-electron chi connectivity index (χ2n) is 13.0. The summed E-state index contributed by atoms with van der Waals surface area (Å²) in [6.07, 6.45) is 0.668. The van der Waals surface area contributed by atoms with Crippen LogP contribution in [0.3, 0.4) is 0 Å². The van der Waals surface area contributed by atoms with Gasteiger partial charge < -0.3 is 19.1 Å². The summed E-state index contributed by atoms with van der Waals surface area (Å²) in [6, 6.07) is 13.9. The minimum Gasteiger partial charge on any atom is -0.507 e. The normalized spacial score (nSPS) is 13.7. The molecule has 1 unspecified atom stereocenters. The van der Waals surface area contributed by atoms with Crippen LogP contribution in [-0.2, 0) is 35.7 Å². The Morgan fingerprint density at radius 3 is 1.74 bits per heavy atom. The molecule has 1 N–H and O–H groups in total. The van der Waals surface area contributed by atoms with Crippen molar-refractivity contribution >= 4 is 13.5 Å². The fourth-order valence-electron chi connectivity index (χ4n) is 4.76. The summed E-state index contributed by atoms with van der Waals surface area (Å²) in [5, 5.41) is 11.4. The van der Waals surface area contributed by atoms with Gasteiger partial charge in [0, 0.05) is 13.5 Å². The molecule has 218 valence electrons. The first-order chi connectivity index (χ1) is 17.9. The van der Waals surface area contributed by atoms with Crippen LogP contribution in [0.5, 0.6) is 5.75 Å². The lowest BCUT2D eigenvalue weighted by atomic mass is 9.78. The van der Waals surface area contributed by atoms with Gasteiger partial charge in [0.25, 0.3) is 0 Å². The summed E-state index contributed by atoms with van der Waals surface area (Å²) in [7, 11) is -3.92. The van der Waals surface area contributed by atoms with Gasteiger partial charge in [0.15, 0.2) is 5.78 Å². The highest BCUT2D eigenvalue weighted by Crippen LogP contribution is 2.64. The van der Waals surface area contributed by atoms with Gasteiger partial charge >= 0.3 is 7.60 Å². The van der Waals surface area contributed by atoms with Crippen molar-refractivity contribution in [3.05, 3.63) is 64.7 Å². The maximum absolute atomic E-state index is 14.8. The van der Waals surface area contributed by atoms with Crippen LogP contribution in [0, 0.1) is 0 Å². The average Bonchev–Trinajstić information content (AvgIpc) is 2.76. The van der Waals surface area contributed by atoms with E-state index in [1.165, 1.54) is 12.5 Å². The highest BCUT2D eigenvalue weighted by atomic mass is 31.2. The Bertz CT molecular complexity index is 1100. The number of hydrogen-bond donors (Lipinski definition) is 1. The predicted octanol–water partition coefficient (Wildman–Crippen LogP) is 8.51. The molecular weight excluding hydrogens is 509 g/mol. The van der Waals surface area contributed by atoms with Gasteiger partial charge in [-0.05, 0) is 85.8 Å².